The van der Waals surface area contributed by atoms with E-state index in [1.807, 2.05) is 37.3 Å². The smallest absolute Gasteiger partial charge is 0.331 e. The van der Waals surface area contributed by atoms with E-state index in [0.29, 0.717) is 34.7 Å². The van der Waals surface area contributed by atoms with E-state index in [0.717, 1.165) is 31.2 Å². The highest BCUT2D eigenvalue weighted by Crippen LogP contribution is 2.36. The van der Waals surface area contributed by atoms with Gasteiger partial charge in [0.25, 0.3) is 11.8 Å². The molecule has 8 heteroatoms. The monoisotopic (exact) mass is 512 g/mol. The van der Waals surface area contributed by atoms with Gasteiger partial charge >= 0.3 is 6.03 Å². The van der Waals surface area contributed by atoms with Crippen LogP contribution in [0.1, 0.15) is 43.7 Å². The number of carbonyl (C=O) groups excluding carboxylic acids is 3. The number of nitrogens with one attached hydrogen (secondary N) is 1. The van der Waals surface area contributed by atoms with E-state index in [2.05, 4.69) is 21.2 Å². The average molecular weight is 513 g/mol. The molecule has 2 aromatic carbocycles. The number of nitrogens with zero attached hydrogens (tertiary/aromatic N) is 1. The molecule has 1 saturated carbocycles. The number of imide groups is 2. The molecule has 7 nitrogen and oxygen atoms in total. The maximum atomic E-state index is 13.1. The van der Waals surface area contributed by atoms with Gasteiger partial charge in [-0.05, 0) is 49.1 Å². The van der Waals surface area contributed by atoms with Crippen LogP contribution in [0.4, 0.5) is 4.79 Å². The first-order valence-corrected chi connectivity index (χ1v) is 11.8. The van der Waals surface area contributed by atoms with Crippen molar-refractivity contribution in [3.63, 3.8) is 0 Å². The van der Waals surface area contributed by atoms with E-state index in [4.69, 9.17) is 9.47 Å². The molecule has 1 N–H and O–H groups in total. The molecule has 0 atom stereocenters. The van der Waals surface area contributed by atoms with Crippen LogP contribution in [-0.4, -0.2) is 35.4 Å². The molecule has 4 amide bonds. The summed E-state index contributed by atoms with van der Waals surface area (Å²) >= 11 is 3.51. The molecular formula is C25H25BrN2O5. The molecule has 2 aliphatic rings. The zero-order chi connectivity index (χ0) is 23.4. The molecule has 172 valence electrons. The SMILES string of the molecule is CCOc1cc(/C=C2\C(=O)NC(=O)N(C3CCCC3)C2=O)c(Br)cc1OCc1ccccc1. The van der Waals surface area contributed by atoms with E-state index in [9.17, 15) is 14.4 Å². The quantitative estimate of drug-likeness (QED) is 0.424. The van der Waals surface area contributed by atoms with Gasteiger partial charge in [-0.3, -0.25) is 19.8 Å². The number of hydrogen-bond donors (Lipinski definition) is 1. The topological polar surface area (TPSA) is 84.9 Å². The van der Waals surface area contributed by atoms with Crippen molar-refractivity contribution in [1.29, 1.82) is 0 Å². The van der Waals surface area contributed by atoms with Gasteiger partial charge in [0.05, 0.1) is 6.61 Å². The van der Waals surface area contributed by atoms with Crippen molar-refractivity contribution in [2.45, 2.75) is 45.3 Å². The first kappa shape index (κ1) is 23.0. The maximum Gasteiger partial charge on any atom is 0.331 e. The van der Waals surface area contributed by atoms with Gasteiger partial charge in [0.2, 0.25) is 0 Å². The Bertz CT molecular complexity index is 1090. The van der Waals surface area contributed by atoms with Gasteiger partial charge in [-0.15, -0.1) is 0 Å². The highest BCUT2D eigenvalue weighted by atomic mass is 79.9. The van der Waals surface area contributed by atoms with Gasteiger partial charge in [-0.1, -0.05) is 59.1 Å². The molecule has 1 heterocycles. The van der Waals surface area contributed by atoms with Gasteiger partial charge in [0.15, 0.2) is 11.5 Å². The first-order valence-electron chi connectivity index (χ1n) is 11.0. The second-order valence-electron chi connectivity index (χ2n) is 7.96. The number of hydrogen-bond acceptors (Lipinski definition) is 5. The first-order chi connectivity index (χ1) is 16.0. The normalized spacial score (nSPS) is 18.1. The summed E-state index contributed by atoms with van der Waals surface area (Å²) in [5.74, 6) is -0.230. The lowest BCUT2D eigenvalue weighted by atomic mass is 10.0. The van der Waals surface area contributed by atoms with E-state index >= 15 is 0 Å². The Morgan fingerprint density at radius 2 is 1.76 bits per heavy atom. The van der Waals surface area contributed by atoms with Crippen LogP contribution >= 0.6 is 15.9 Å². The van der Waals surface area contributed by atoms with Crippen molar-refractivity contribution in [3.8, 4) is 11.5 Å². The molecule has 0 spiro atoms. The average Bonchev–Trinajstić information content (AvgIpc) is 3.32. The minimum absolute atomic E-state index is 0.0809. The van der Waals surface area contributed by atoms with Crippen molar-refractivity contribution in [2.24, 2.45) is 0 Å². The fourth-order valence-electron chi connectivity index (χ4n) is 4.10. The Balaban J connectivity index is 1.63. The van der Waals surface area contributed by atoms with Crippen LogP contribution in [0, 0.1) is 0 Å². The maximum absolute atomic E-state index is 13.1. The number of benzene rings is 2. The molecule has 4 rings (SSSR count). The van der Waals surface area contributed by atoms with Crippen LogP contribution in [0.5, 0.6) is 11.5 Å². The number of carbonyl (C=O) groups is 3. The number of halogens is 1. The summed E-state index contributed by atoms with van der Waals surface area (Å²) < 4.78 is 12.4. The zero-order valence-corrected chi connectivity index (χ0v) is 19.9. The van der Waals surface area contributed by atoms with Gasteiger partial charge in [0.1, 0.15) is 12.2 Å². The predicted octanol–water partition coefficient (Wildman–Crippen LogP) is 4.83. The van der Waals surface area contributed by atoms with Gasteiger partial charge in [0, 0.05) is 10.5 Å². The number of barbiturate groups is 1. The van der Waals surface area contributed by atoms with Crippen LogP contribution in [0.25, 0.3) is 6.08 Å². The second kappa shape index (κ2) is 10.2. The summed E-state index contributed by atoms with van der Waals surface area (Å²) in [5.41, 5.74) is 1.51. The number of amides is 4. The van der Waals surface area contributed by atoms with Crippen molar-refractivity contribution in [1.82, 2.24) is 10.2 Å². The number of urea groups is 1. The van der Waals surface area contributed by atoms with Crippen LogP contribution < -0.4 is 14.8 Å². The predicted molar refractivity (Wildman–Crippen MR) is 127 cm³/mol. The molecule has 2 aromatic rings. The fraction of sp³-hybridized carbons (Fsp3) is 0.320. The standard InChI is InChI=1S/C25H25BrN2O5/c1-2-32-21-13-17(20(26)14-22(21)33-15-16-8-4-3-5-9-16)12-19-23(29)27-25(31)28(24(19)30)18-10-6-7-11-18/h3-5,8-9,12-14,18H,2,6-7,10-11,15H2,1H3,(H,27,29,31)/b19-12+. The van der Waals surface area contributed by atoms with Gasteiger partial charge < -0.3 is 9.47 Å². The Labute approximate surface area is 200 Å². The van der Waals surface area contributed by atoms with E-state index in [1.54, 1.807) is 12.1 Å². The molecule has 2 fully saturated rings. The second-order valence-corrected chi connectivity index (χ2v) is 8.81. The summed E-state index contributed by atoms with van der Waals surface area (Å²) in [6.45, 7) is 2.65. The summed E-state index contributed by atoms with van der Waals surface area (Å²) in [4.78, 5) is 39.1. The molecule has 33 heavy (non-hydrogen) atoms. The lowest BCUT2D eigenvalue weighted by Gasteiger charge is -2.31. The van der Waals surface area contributed by atoms with E-state index < -0.39 is 17.8 Å². The van der Waals surface area contributed by atoms with Crippen molar-refractivity contribution >= 4 is 39.9 Å². The molecule has 0 unspecified atom stereocenters. The lowest BCUT2D eigenvalue weighted by Crippen LogP contribution is -2.57. The minimum Gasteiger partial charge on any atom is -0.490 e. The van der Waals surface area contributed by atoms with Crippen LogP contribution in [0.2, 0.25) is 0 Å². The Morgan fingerprint density at radius 3 is 2.45 bits per heavy atom. The number of ether oxygens (including phenoxy) is 2. The van der Waals surface area contributed by atoms with Gasteiger partial charge in [-0.2, -0.15) is 0 Å². The zero-order valence-electron chi connectivity index (χ0n) is 18.3. The Hall–Kier alpha value is -3.13. The van der Waals surface area contributed by atoms with E-state index in [-0.39, 0.29) is 11.6 Å². The van der Waals surface area contributed by atoms with Crippen molar-refractivity contribution in [2.75, 3.05) is 6.61 Å². The third kappa shape index (κ3) is 5.11. The third-order valence-electron chi connectivity index (χ3n) is 5.72. The molecule has 0 aromatic heterocycles. The largest absolute Gasteiger partial charge is 0.490 e. The summed E-state index contributed by atoms with van der Waals surface area (Å²) in [6, 6.07) is 12.4. The highest BCUT2D eigenvalue weighted by Gasteiger charge is 2.40. The molecule has 1 aliphatic carbocycles. The van der Waals surface area contributed by atoms with Gasteiger partial charge in [-0.25, -0.2) is 4.79 Å². The summed E-state index contributed by atoms with van der Waals surface area (Å²) in [5, 5.41) is 2.30. The van der Waals surface area contributed by atoms with Crippen molar-refractivity contribution < 1.29 is 23.9 Å². The summed E-state index contributed by atoms with van der Waals surface area (Å²) in [6.07, 6.45) is 4.92. The Morgan fingerprint density at radius 1 is 1.06 bits per heavy atom. The molecular weight excluding hydrogens is 488 g/mol. The molecule has 0 radical (unpaired) electrons. The van der Waals surface area contributed by atoms with Crippen LogP contribution in [-0.2, 0) is 16.2 Å². The third-order valence-corrected chi connectivity index (χ3v) is 6.41. The molecule has 0 bridgehead atoms. The summed E-state index contributed by atoms with van der Waals surface area (Å²) in [7, 11) is 0. The molecule has 1 saturated heterocycles. The lowest BCUT2D eigenvalue weighted by molar-refractivity contribution is -0.131. The van der Waals surface area contributed by atoms with Crippen molar-refractivity contribution in [3.05, 3.63) is 63.6 Å². The highest BCUT2D eigenvalue weighted by molar-refractivity contribution is 9.10. The Kier molecular flexibility index (Phi) is 7.13. The minimum atomic E-state index is -0.700. The van der Waals surface area contributed by atoms with Crippen LogP contribution in [0.3, 0.4) is 0 Å². The number of rotatable bonds is 7. The molecule has 1 aliphatic heterocycles. The van der Waals surface area contributed by atoms with E-state index in [1.165, 1.54) is 11.0 Å². The van der Waals surface area contributed by atoms with Crippen LogP contribution in [0.15, 0.2) is 52.5 Å². The fourth-order valence-corrected chi connectivity index (χ4v) is 4.54.